The number of nitrogens with one attached hydrogen (secondary N) is 1. The predicted octanol–water partition coefficient (Wildman–Crippen LogP) is 2.78. The Hall–Kier alpha value is -0.890. The molecule has 5 unspecified atom stereocenters. The quantitative estimate of drug-likeness (QED) is 0.860. The van der Waals surface area contributed by atoms with Crippen molar-refractivity contribution in [2.45, 2.75) is 38.3 Å². The summed E-state index contributed by atoms with van der Waals surface area (Å²) in [5.41, 5.74) is 1.19. The molecule has 0 aliphatic heterocycles. The number of fused-ring (bicyclic) bond motifs is 5. The van der Waals surface area contributed by atoms with Crippen LogP contribution in [0.15, 0.2) is 24.4 Å². The third kappa shape index (κ3) is 1.46. The van der Waals surface area contributed by atoms with Gasteiger partial charge in [0.05, 0.1) is 5.69 Å². The molecular weight excluding hydrogens is 208 g/mol. The van der Waals surface area contributed by atoms with Gasteiger partial charge >= 0.3 is 0 Å². The van der Waals surface area contributed by atoms with Crippen molar-refractivity contribution in [3.63, 3.8) is 0 Å². The summed E-state index contributed by atoms with van der Waals surface area (Å²) in [6, 6.07) is 7.41. The minimum Gasteiger partial charge on any atom is -0.305 e. The van der Waals surface area contributed by atoms with E-state index in [1.807, 2.05) is 12.3 Å². The van der Waals surface area contributed by atoms with Crippen LogP contribution in [0.3, 0.4) is 0 Å². The van der Waals surface area contributed by atoms with Gasteiger partial charge in [0.25, 0.3) is 0 Å². The Morgan fingerprint density at radius 2 is 2.00 bits per heavy atom. The minimum absolute atomic E-state index is 0.409. The van der Waals surface area contributed by atoms with Gasteiger partial charge in [-0.2, -0.15) is 0 Å². The van der Waals surface area contributed by atoms with Gasteiger partial charge < -0.3 is 5.32 Å². The Bertz CT molecular complexity index is 400. The van der Waals surface area contributed by atoms with E-state index in [1.165, 1.54) is 25.0 Å². The van der Waals surface area contributed by atoms with E-state index < -0.39 is 0 Å². The van der Waals surface area contributed by atoms with Gasteiger partial charge in [0, 0.05) is 18.3 Å². The lowest BCUT2D eigenvalue weighted by Gasteiger charge is -2.16. The predicted molar refractivity (Wildman–Crippen MR) is 67.4 cm³/mol. The molecule has 1 heterocycles. The number of nitrogens with zero attached hydrogens (tertiary/aromatic N) is 1. The highest BCUT2D eigenvalue weighted by molar-refractivity contribution is 5.18. The fourth-order valence-electron chi connectivity index (χ4n) is 4.55. The van der Waals surface area contributed by atoms with Gasteiger partial charge in [-0.1, -0.05) is 6.07 Å². The zero-order valence-electron chi connectivity index (χ0n) is 10.3. The molecule has 0 amide bonds. The molecule has 2 nitrogen and oxygen atoms in total. The maximum Gasteiger partial charge on any atom is 0.0570 e. The van der Waals surface area contributed by atoms with Crippen LogP contribution in [0.25, 0.3) is 0 Å². The Kier molecular flexibility index (Phi) is 2.10. The van der Waals surface area contributed by atoms with Crippen LogP contribution in [0.4, 0.5) is 0 Å². The maximum absolute atomic E-state index is 4.44. The Morgan fingerprint density at radius 3 is 2.65 bits per heavy atom. The highest BCUT2D eigenvalue weighted by Gasteiger charge is 2.64. The van der Waals surface area contributed by atoms with Crippen LogP contribution in [-0.4, -0.2) is 11.0 Å². The van der Waals surface area contributed by atoms with Crippen LogP contribution in [0.2, 0.25) is 0 Å². The fraction of sp³-hybridized carbons (Fsp3) is 0.667. The summed E-state index contributed by atoms with van der Waals surface area (Å²) in [4.78, 5) is 4.44. The first-order chi connectivity index (χ1) is 8.34. The zero-order chi connectivity index (χ0) is 11.4. The van der Waals surface area contributed by atoms with Crippen molar-refractivity contribution in [1.82, 2.24) is 10.3 Å². The summed E-state index contributed by atoms with van der Waals surface area (Å²) in [5, 5.41) is 3.81. The van der Waals surface area contributed by atoms with Crippen molar-refractivity contribution in [2.75, 3.05) is 0 Å². The summed E-state index contributed by atoms with van der Waals surface area (Å²) in [6.45, 7) is 2.25. The fourth-order valence-corrected chi connectivity index (χ4v) is 4.55. The number of rotatable bonds is 3. The third-order valence-electron chi connectivity index (χ3n) is 5.31. The summed E-state index contributed by atoms with van der Waals surface area (Å²) in [5.74, 6) is 4.14. The average Bonchev–Trinajstić information content (AvgIpc) is 2.76. The van der Waals surface area contributed by atoms with Gasteiger partial charge in [-0.05, 0) is 62.0 Å². The summed E-state index contributed by atoms with van der Waals surface area (Å²) < 4.78 is 0. The molecule has 2 heteroatoms. The minimum atomic E-state index is 0.409. The number of pyridine rings is 1. The molecule has 2 bridgehead atoms. The summed E-state index contributed by atoms with van der Waals surface area (Å²) in [7, 11) is 0. The lowest BCUT2D eigenvalue weighted by molar-refractivity contribution is 0.430. The van der Waals surface area contributed by atoms with E-state index >= 15 is 0 Å². The molecule has 0 radical (unpaired) electrons. The summed E-state index contributed by atoms with van der Waals surface area (Å²) in [6.07, 6.45) is 6.43. The number of hydrogen-bond donors (Lipinski definition) is 1. The molecule has 5 atom stereocenters. The lowest BCUT2D eigenvalue weighted by Crippen LogP contribution is -2.26. The zero-order valence-corrected chi connectivity index (χ0v) is 10.3. The van der Waals surface area contributed by atoms with Crippen molar-refractivity contribution >= 4 is 0 Å². The molecule has 0 saturated heterocycles. The smallest absolute Gasteiger partial charge is 0.0570 e. The van der Waals surface area contributed by atoms with E-state index in [9.17, 15) is 0 Å². The van der Waals surface area contributed by atoms with Gasteiger partial charge in [-0.15, -0.1) is 0 Å². The van der Waals surface area contributed by atoms with Crippen molar-refractivity contribution < 1.29 is 0 Å². The SMILES string of the molecule is CC(NC1C2C3CCC(C3)C12)c1ccccn1. The molecule has 3 saturated carbocycles. The molecule has 0 aromatic carbocycles. The van der Waals surface area contributed by atoms with Crippen LogP contribution in [0, 0.1) is 23.7 Å². The van der Waals surface area contributed by atoms with Gasteiger partial charge in [0.2, 0.25) is 0 Å². The van der Waals surface area contributed by atoms with Gasteiger partial charge in [-0.3, -0.25) is 4.98 Å². The van der Waals surface area contributed by atoms with Crippen molar-refractivity contribution in [1.29, 1.82) is 0 Å². The molecule has 1 aromatic rings. The lowest BCUT2D eigenvalue weighted by atomic mass is 10.0. The number of hydrogen-bond acceptors (Lipinski definition) is 2. The largest absolute Gasteiger partial charge is 0.305 e. The second-order valence-electron chi connectivity index (χ2n) is 6.16. The monoisotopic (exact) mass is 228 g/mol. The molecule has 3 aliphatic rings. The topological polar surface area (TPSA) is 24.9 Å². The highest BCUT2D eigenvalue weighted by Crippen LogP contribution is 2.65. The highest BCUT2D eigenvalue weighted by atomic mass is 15.1. The van der Waals surface area contributed by atoms with Crippen LogP contribution in [-0.2, 0) is 0 Å². The summed E-state index contributed by atoms with van der Waals surface area (Å²) >= 11 is 0. The molecular formula is C15H20N2. The average molecular weight is 228 g/mol. The van der Waals surface area contributed by atoms with Crippen LogP contribution in [0.1, 0.15) is 37.9 Å². The van der Waals surface area contributed by atoms with Crippen LogP contribution in [0.5, 0.6) is 0 Å². The van der Waals surface area contributed by atoms with Gasteiger partial charge in [-0.25, -0.2) is 0 Å². The molecule has 1 aromatic heterocycles. The standard InChI is InChI=1S/C15H20N2/c1-9(12-4-2-3-7-16-12)17-15-13-10-5-6-11(8-10)14(13)15/h2-4,7,9-11,13-15,17H,5-6,8H2,1H3. The molecule has 3 fully saturated rings. The van der Waals surface area contributed by atoms with E-state index in [0.717, 1.165) is 29.7 Å². The molecule has 1 N–H and O–H groups in total. The van der Waals surface area contributed by atoms with Crippen molar-refractivity contribution in [2.24, 2.45) is 23.7 Å². The molecule has 3 aliphatic carbocycles. The Morgan fingerprint density at radius 1 is 1.24 bits per heavy atom. The third-order valence-corrected chi connectivity index (χ3v) is 5.31. The number of aromatic nitrogens is 1. The van der Waals surface area contributed by atoms with E-state index in [-0.39, 0.29) is 0 Å². The first kappa shape index (κ1) is 10.1. The second-order valence-corrected chi connectivity index (χ2v) is 6.16. The second kappa shape index (κ2) is 3.55. The molecule has 17 heavy (non-hydrogen) atoms. The Balaban J connectivity index is 1.43. The molecule has 90 valence electrons. The first-order valence-electron chi connectivity index (χ1n) is 7.01. The van der Waals surface area contributed by atoms with E-state index in [2.05, 4.69) is 29.4 Å². The van der Waals surface area contributed by atoms with Crippen LogP contribution >= 0.6 is 0 Å². The van der Waals surface area contributed by atoms with E-state index in [1.54, 1.807) is 0 Å². The molecule has 4 rings (SSSR count). The Labute approximate surface area is 103 Å². The van der Waals surface area contributed by atoms with Gasteiger partial charge in [0.15, 0.2) is 0 Å². The van der Waals surface area contributed by atoms with Gasteiger partial charge in [0.1, 0.15) is 0 Å². The van der Waals surface area contributed by atoms with Crippen LogP contribution < -0.4 is 5.32 Å². The maximum atomic E-state index is 4.44. The normalized spacial score (nSPS) is 43.5. The van der Waals surface area contributed by atoms with Crippen molar-refractivity contribution in [3.05, 3.63) is 30.1 Å². The molecule has 0 spiro atoms. The van der Waals surface area contributed by atoms with E-state index in [0.29, 0.717) is 6.04 Å². The first-order valence-corrected chi connectivity index (χ1v) is 7.01. The van der Waals surface area contributed by atoms with Crippen molar-refractivity contribution in [3.8, 4) is 0 Å². The van der Waals surface area contributed by atoms with E-state index in [4.69, 9.17) is 0 Å².